The van der Waals surface area contributed by atoms with Crippen molar-refractivity contribution in [1.29, 1.82) is 0 Å². The summed E-state index contributed by atoms with van der Waals surface area (Å²) in [7, 11) is 0. The summed E-state index contributed by atoms with van der Waals surface area (Å²) in [5.41, 5.74) is 4.35. The highest BCUT2D eigenvalue weighted by Gasteiger charge is 2.56. The number of carbonyl (C=O) groups excluding carboxylic acids is 2. The number of carbonyl (C=O) groups is 3. The van der Waals surface area contributed by atoms with Crippen LogP contribution in [0.4, 0.5) is 0 Å². The van der Waals surface area contributed by atoms with Crippen LogP contribution in [0.2, 0.25) is 5.02 Å². The number of phenols is 1. The van der Waals surface area contributed by atoms with Crippen molar-refractivity contribution >= 4 is 35.5 Å². The minimum atomic E-state index is -0.825. The summed E-state index contributed by atoms with van der Waals surface area (Å²) in [6.45, 7) is 4.92. The molecule has 0 unspecified atom stereocenters. The van der Waals surface area contributed by atoms with Crippen LogP contribution in [0.3, 0.4) is 0 Å². The van der Waals surface area contributed by atoms with Crippen molar-refractivity contribution in [3.05, 3.63) is 45.5 Å². The maximum absolute atomic E-state index is 13.3. The molecular weight excluding hydrogens is 482 g/mol. The fourth-order valence-corrected chi connectivity index (χ4v) is 6.20. The van der Waals surface area contributed by atoms with Gasteiger partial charge >= 0.3 is 5.97 Å². The van der Waals surface area contributed by atoms with E-state index in [0.717, 1.165) is 29.6 Å². The average molecular weight is 516 g/mol. The topological polar surface area (TPSA) is 104 Å². The molecule has 0 bridgehead atoms. The largest absolute Gasteiger partial charge is 0.508 e. The van der Waals surface area contributed by atoms with Crippen molar-refractivity contribution in [3.63, 3.8) is 0 Å². The fraction of sp³-hybridized carbons (Fsp3) is 0.536. The Bertz CT molecular complexity index is 1110. The Balaban J connectivity index is 1.38. The second-order valence-corrected chi connectivity index (χ2v) is 10.7. The van der Waals surface area contributed by atoms with Gasteiger partial charge in [-0.2, -0.15) is 0 Å². The number of carboxylic acid groups (broad SMARTS) is 1. The molecule has 2 saturated heterocycles. The van der Waals surface area contributed by atoms with Gasteiger partial charge in [0.15, 0.2) is 0 Å². The summed E-state index contributed by atoms with van der Waals surface area (Å²) in [6, 6.07) is 4.93. The number of benzene rings is 1. The Labute approximate surface area is 216 Å². The molecule has 3 aliphatic rings. The molecule has 2 aliphatic heterocycles. The Morgan fingerprint density at radius 1 is 1.17 bits per heavy atom. The molecule has 2 fully saturated rings. The molecule has 194 valence electrons. The van der Waals surface area contributed by atoms with Crippen LogP contribution in [-0.4, -0.2) is 52.2 Å². The molecule has 2 heterocycles. The second-order valence-electron chi connectivity index (χ2n) is 10.3. The summed E-state index contributed by atoms with van der Waals surface area (Å²) >= 11 is 6.24. The Morgan fingerprint density at radius 3 is 2.67 bits per heavy atom. The molecule has 0 radical (unpaired) electrons. The number of aliphatic carboxylic acids is 1. The maximum atomic E-state index is 13.3. The minimum Gasteiger partial charge on any atom is -0.508 e. The van der Waals surface area contributed by atoms with Gasteiger partial charge in [0.05, 0.1) is 29.6 Å². The molecule has 2 N–H and O–H groups in total. The number of ether oxygens (including phenoxy) is 1. The second kappa shape index (κ2) is 11.2. The summed E-state index contributed by atoms with van der Waals surface area (Å²) in [6.07, 6.45) is 6.09. The van der Waals surface area contributed by atoms with Crippen molar-refractivity contribution in [2.24, 2.45) is 17.8 Å². The van der Waals surface area contributed by atoms with Gasteiger partial charge in [-0.25, -0.2) is 0 Å². The van der Waals surface area contributed by atoms with Crippen molar-refractivity contribution in [1.82, 2.24) is 4.90 Å². The van der Waals surface area contributed by atoms with E-state index in [0.29, 0.717) is 43.9 Å². The zero-order chi connectivity index (χ0) is 26.0. The van der Waals surface area contributed by atoms with E-state index in [4.69, 9.17) is 21.4 Å². The Hall–Kier alpha value is -2.64. The lowest BCUT2D eigenvalue weighted by molar-refractivity contribution is -0.141. The number of amides is 2. The molecule has 1 aromatic carbocycles. The predicted octanol–water partition coefficient (Wildman–Crippen LogP) is 5.21. The van der Waals surface area contributed by atoms with Crippen LogP contribution in [0.15, 0.2) is 34.9 Å². The predicted molar refractivity (Wildman–Crippen MR) is 136 cm³/mol. The van der Waals surface area contributed by atoms with E-state index in [9.17, 15) is 19.5 Å². The van der Waals surface area contributed by atoms with E-state index < -0.39 is 5.97 Å². The van der Waals surface area contributed by atoms with E-state index >= 15 is 0 Å². The molecule has 36 heavy (non-hydrogen) atoms. The normalized spacial score (nSPS) is 26.0. The van der Waals surface area contributed by atoms with E-state index in [-0.39, 0.29) is 47.8 Å². The Morgan fingerprint density at radius 2 is 1.94 bits per heavy atom. The molecule has 1 aromatic rings. The first-order chi connectivity index (χ1) is 17.2. The SMILES string of the molecule is CC1=C2[C@@H](CC/C(C)=C/c3ccc(O)cc3Cl)OC[C@@H]2[C@@H]2C(=O)N(CCCCCC(=O)O)C(=O)[C@@H]2C1. The molecule has 4 rings (SSSR count). The molecule has 1 aliphatic carbocycles. The van der Waals surface area contributed by atoms with Gasteiger partial charge in [0.2, 0.25) is 11.8 Å². The number of fused-ring (bicyclic) bond motifs is 3. The number of nitrogens with zero attached hydrogens (tertiary/aromatic N) is 1. The maximum Gasteiger partial charge on any atom is 0.303 e. The van der Waals surface area contributed by atoms with Crippen LogP contribution in [0.1, 0.15) is 64.4 Å². The number of unbranched alkanes of at least 4 members (excludes halogenated alkanes) is 2. The lowest BCUT2D eigenvalue weighted by atomic mass is 9.70. The summed E-state index contributed by atoms with van der Waals surface area (Å²) in [5, 5.41) is 18.8. The van der Waals surface area contributed by atoms with Crippen LogP contribution >= 0.6 is 11.6 Å². The zero-order valence-electron chi connectivity index (χ0n) is 20.8. The number of carboxylic acids is 1. The monoisotopic (exact) mass is 515 g/mol. The van der Waals surface area contributed by atoms with Crippen LogP contribution in [0.5, 0.6) is 5.75 Å². The lowest BCUT2D eigenvalue weighted by Crippen LogP contribution is -2.34. The highest BCUT2D eigenvalue weighted by atomic mass is 35.5. The van der Waals surface area contributed by atoms with Crippen LogP contribution in [0.25, 0.3) is 6.08 Å². The molecule has 0 spiro atoms. The van der Waals surface area contributed by atoms with Gasteiger partial charge in [0, 0.05) is 18.9 Å². The summed E-state index contributed by atoms with van der Waals surface area (Å²) < 4.78 is 6.19. The van der Waals surface area contributed by atoms with Crippen molar-refractivity contribution in [2.75, 3.05) is 13.2 Å². The number of halogens is 1. The number of imide groups is 1. The molecular formula is C28H34ClNO6. The van der Waals surface area contributed by atoms with Crippen LogP contribution in [0, 0.1) is 17.8 Å². The molecule has 4 atom stereocenters. The number of hydrogen-bond acceptors (Lipinski definition) is 5. The lowest BCUT2D eigenvalue weighted by Gasteiger charge is -2.30. The van der Waals surface area contributed by atoms with Gasteiger partial charge in [-0.1, -0.05) is 35.2 Å². The third kappa shape index (κ3) is 5.52. The van der Waals surface area contributed by atoms with E-state index in [1.54, 1.807) is 12.1 Å². The highest BCUT2D eigenvalue weighted by Crippen LogP contribution is 2.49. The first-order valence-corrected chi connectivity index (χ1v) is 13.1. The third-order valence-corrected chi connectivity index (χ3v) is 8.03. The van der Waals surface area contributed by atoms with Gasteiger partial charge in [0.1, 0.15) is 5.75 Å². The van der Waals surface area contributed by atoms with E-state index in [2.05, 4.69) is 6.92 Å². The fourth-order valence-electron chi connectivity index (χ4n) is 5.97. The smallest absolute Gasteiger partial charge is 0.303 e. The number of rotatable bonds is 10. The molecule has 0 aromatic heterocycles. The van der Waals surface area contributed by atoms with Crippen molar-refractivity contribution in [3.8, 4) is 5.75 Å². The number of allylic oxidation sites excluding steroid dienone is 2. The zero-order valence-corrected chi connectivity index (χ0v) is 21.6. The number of aromatic hydroxyl groups is 1. The van der Waals surface area contributed by atoms with Crippen molar-refractivity contribution < 1.29 is 29.3 Å². The first-order valence-electron chi connectivity index (χ1n) is 12.7. The molecule has 7 nitrogen and oxygen atoms in total. The van der Waals surface area contributed by atoms with Crippen LogP contribution < -0.4 is 0 Å². The molecule has 2 amide bonds. The number of phenolic OH excluding ortho intramolecular Hbond substituents is 1. The van der Waals surface area contributed by atoms with Gasteiger partial charge in [-0.05, 0) is 75.3 Å². The number of hydrogen-bond donors (Lipinski definition) is 2. The average Bonchev–Trinajstić information content (AvgIpc) is 3.34. The van der Waals surface area contributed by atoms with Crippen molar-refractivity contribution in [2.45, 2.75) is 64.9 Å². The first kappa shape index (κ1) is 26.4. The quantitative estimate of drug-likeness (QED) is 0.252. The highest BCUT2D eigenvalue weighted by molar-refractivity contribution is 6.32. The summed E-state index contributed by atoms with van der Waals surface area (Å²) in [4.78, 5) is 38.5. The van der Waals surface area contributed by atoms with Gasteiger partial charge < -0.3 is 14.9 Å². The standard InChI is InChI=1S/C28H34ClNO6/c1-16(12-18-8-9-19(31)14-22(18)29)7-10-23-25-17(2)13-20-26(21(25)15-36-23)28(35)30(27(20)34)11-5-3-4-6-24(32)33/h8-9,12,14,20-21,23,26,31H,3-7,10-11,13,15H2,1-2H3,(H,32,33)/b16-12+/t20-,21+,23-,26-/m1/s1. The van der Waals surface area contributed by atoms with E-state index in [1.807, 2.05) is 13.0 Å². The van der Waals surface area contributed by atoms with E-state index in [1.165, 1.54) is 16.5 Å². The minimum absolute atomic E-state index is 0.0574. The van der Waals surface area contributed by atoms with Gasteiger partial charge in [0.25, 0.3) is 0 Å². The van der Waals surface area contributed by atoms with Crippen LogP contribution in [-0.2, 0) is 19.1 Å². The number of likely N-dealkylation sites (tertiary alicyclic amines) is 1. The van der Waals surface area contributed by atoms with Gasteiger partial charge in [-0.15, -0.1) is 0 Å². The Kier molecular flexibility index (Phi) is 8.20. The summed E-state index contributed by atoms with van der Waals surface area (Å²) in [5.74, 6) is -1.60. The van der Waals surface area contributed by atoms with Gasteiger partial charge in [-0.3, -0.25) is 19.3 Å². The molecule has 8 heteroatoms. The third-order valence-electron chi connectivity index (χ3n) is 7.70. The molecule has 0 saturated carbocycles.